The molecule has 23 heavy (non-hydrogen) atoms. The summed E-state index contributed by atoms with van der Waals surface area (Å²) in [5.74, 6) is -0.464. The molecule has 0 aliphatic heterocycles. The number of nitrogens with one attached hydrogen (secondary N) is 1. The summed E-state index contributed by atoms with van der Waals surface area (Å²) in [6.45, 7) is 6.73. The van der Waals surface area contributed by atoms with Crippen LogP contribution in [-0.2, 0) is 11.3 Å². The largest absolute Gasteiger partial charge is 0.481 e. The fourth-order valence-corrected chi connectivity index (χ4v) is 2.49. The van der Waals surface area contributed by atoms with Crippen LogP contribution in [0, 0.1) is 12.8 Å². The zero-order chi connectivity index (χ0) is 16.8. The van der Waals surface area contributed by atoms with Crippen LogP contribution in [0.2, 0.25) is 0 Å². The van der Waals surface area contributed by atoms with E-state index in [1.54, 1.807) is 12.4 Å². The molecule has 0 unspecified atom stereocenters. The van der Waals surface area contributed by atoms with Gasteiger partial charge in [0.1, 0.15) is 0 Å². The normalized spacial score (nSPS) is 13.7. The molecule has 0 saturated heterocycles. The highest BCUT2D eigenvalue weighted by Crippen LogP contribution is 2.15. The van der Waals surface area contributed by atoms with Crippen molar-refractivity contribution in [3.05, 3.63) is 42.0 Å². The molecule has 6 nitrogen and oxygen atoms in total. The Bertz CT molecular complexity index is 639. The fourth-order valence-electron chi connectivity index (χ4n) is 2.49. The maximum Gasteiger partial charge on any atom is 0.304 e. The fraction of sp³-hybridized carbons (Fsp3) is 0.471. The molecule has 0 saturated carbocycles. The highest BCUT2D eigenvalue weighted by Gasteiger charge is 2.19. The van der Waals surface area contributed by atoms with Gasteiger partial charge in [0, 0.05) is 36.7 Å². The second kappa shape index (κ2) is 7.87. The van der Waals surface area contributed by atoms with Crippen LogP contribution in [0.1, 0.15) is 37.9 Å². The number of nitrogens with zero attached hydrogens (tertiary/aromatic N) is 3. The predicted octanol–water partition coefficient (Wildman–Crippen LogP) is 2.55. The highest BCUT2D eigenvalue weighted by molar-refractivity contribution is 5.67. The summed E-state index contributed by atoms with van der Waals surface area (Å²) in [7, 11) is 0. The van der Waals surface area contributed by atoms with Crippen LogP contribution in [0.5, 0.6) is 0 Å². The van der Waals surface area contributed by atoms with Crippen LogP contribution in [0.3, 0.4) is 0 Å². The third-order valence-corrected chi connectivity index (χ3v) is 4.21. The van der Waals surface area contributed by atoms with Crippen molar-refractivity contribution in [1.82, 2.24) is 20.1 Å². The van der Waals surface area contributed by atoms with Gasteiger partial charge in [-0.2, -0.15) is 5.10 Å². The molecule has 0 bridgehead atoms. The molecule has 0 radical (unpaired) electrons. The monoisotopic (exact) mass is 316 g/mol. The number of aryl methyl sites for hydroxylation is 1. The van der Waals surface area contributed by atoms with Gasteiger partial charge in [-0.25, -0.2) is 4.68 Å². The van der Waals surface area contributed by atoms with Crippen molar-refractivity contribution in [2.24, 2.45) is 5.92 Å². The van der Waals surface area contributed by atoms with E-state index in [1.807, 2.05) is 29.9 Å². The van der Waals surface area contributed by atoms with E-state index >= 15 is 0 Å². The Morgan fingerprint density at radius 3 is 2.70 bits per heavy atom. The molecule has 0 aliphatic rings. The Balaban J connectivity index is 2.07. The van der Waals surface area contributed by atoms with E-state index in [0.29, 0.717) is 12.5 Å². The molecule has 0 amide bonds. The first-order valence-corrected chi connectivity index (χ1v) is 7.92. The van der Waals surface area contributed by atoms with Gasteiger partial charge in [-0.05, 0) is 25.0 Å². The predicted molar refractivity (Wildman–Crippen MR) is 88.4 cm³/mol. The number of carboxylic acids is 1. The van der Waals surface area contributed by atoms with Crippen LogP contribution in [0.15, 0.2) is 30.7 Å². The van der Waals surface area contributed by atoms with Crippen LogP contribution in [0.4, 0.5) is 0 Å². The Morgan fingerprint density at radius 2 is 2.09 bits per heavy atom. The minimum Gasteiger partial charge on any atom is -0.481 e. The zero-order valence-corrected chi connectivity index (χ0v) is 13.9. The number of carbonyl (C=O) groups is 1. The Labute approximate surface area is 136 Å². The number of aliphatic carboxylic acids is 1. The number of pyridine rings is 1. The minimum absolute atomic E-state index is 0.0406. The van der Waals surface area contributed by atoms with Gasteiger partial charge in [0.05, 0.1) is 17.8 Å². The third kappa shape index (κ3) is 4.63. The summed E-state index contributed by atoms with van der Waals surface area (Å²) < 4.78 is 1.82. The molecule has 2 N–H and O–H groups in total. The van der Waals surface area contributed by atoms with E-state index in [4.69, 9.17) is 5.11 Å². The van der Waals surface area contributed by atoms with Crippen molar-refractivity contribution in [3.63, 3.8) is 0 Å². The van der Waals surface area contributed by atoms with Gasteiger partial charge >= 0.3 is 5.97 Å². The van der Waals surface area contributed by atoms with E-state index in [1.165, 1.54) is 0 Å². The van der Waals surface area contributed by atoms with Crippen molar-refractivity contribution >= 4 is 5.97 Å². The van der Waals surface area contributed by atoms with E-state index in [2.05, 4.69) is 29.2 Å². The van der Waals surface area contributed by atoms with E-state index in [-0.39, 0.29) is 12.5 Å². The lowest BCUT2D eigenvalue weighted by Gasteiger charge is -2.22. The second-order valence-corrected chi connectivity index (χ2v) is 5.86. The zero-order valence-electron chi connectivity index (χ0n) is 13.9. The molecule has 124 valence electrons. The summed E-state index contributed by atoms with van der Waals surface area (Å²) in [5.41, 5.74) is 2.96. The van der Waals surface area contributed by atoms with Gasteiger partial charge in [-0.15, -0.1) is 0 Å². The number of hydrogen-bond acceptors (Lipinski definition) is 4. The maximum atomic E-state index is 11.0. The first-order chi connectivity index (χ1) is 11.0. The second-order valence-electron chi connectivity index (χ2n) is 5.86. The van der Waals surface area contributed by atoms with Crippen molar-refractivity contribution in [2.45, 2.75) is 46.2 Å². The number of aromatic nitrogens is 3. The lowest BCUT2D eigenvalue weighted by atomic mass is 9.96. The number of rotatable bonds is 8. The van der Waals surface area contributed by atoms with Gasteiger partial charge < -0.3 is 10.4 Å². The molecule has 2 aromatic rings. The molecule has 0 aliphatic carbocycles. The average molecular weight is 316 g/mol. The van der Waals surface area contributed by atoms with Gasteiger partial charge in [0.15, 0.2) is 0 Å². The summed E-state index contributed by atoms with van der Waals surface area (Å²) in [6.07, 6.45) is 6.52. The Kier molecular flexibility index (Phi) is 5.87. The molecule has 0 spiro atoms. The summed E-state index contributed by atoms with van der Waals surface area (Å²) in [4.78, 5) is 15.0. The van der Waals surface area contributed by atoms with Crippen LogP contribution in [-0.4, -0.2) is 31.9 Å². The third-order valence-electron chi connectivity index (χ3n) is 4.21. The Morgan fingerprint density at radius 1 is 1.39 bits per heavy atom. The quantitative estimate of drug-likeness (QED) is 0.782. The number of carboxylic acid groups (broad SMARTS) is 1. The van der Waals surface area contributed by atoms with Gasteiger partial charge in [-0.3, -0.25) is 9.78 Å². The molecule has 0 fully saturated rings. The maximum absolute atomic E-state index is 11.0. The van der Waals surface area contributed by atoms with Crippen LogP contribution in [0.25, 0.3) is 5.69 Å². The van der Waals surface area contributed by atoms with Crippen LogP contribution < -0.4 is 5.32 Å². The first-order valence-electron chi connectivity index (χ1n) is 7.92. The summed E-state index contributed by atoms with van der Waals surface area (Å²) in [6, 6.07) is 3.76. The van der Waals surface area contributed by atoms with Crippen molar-refractivity contribution in [1.29, 1.82) is 0 Å². The highest BCUT2D eigenvalue weighted by atomic mass is 16.4. The van der Waals surface area contributed by atoms with Gasteiger partial charge in [0.2, 0.25) is 0 Å². The van der Waals surface area contributed by atoms with E-state index in [9.17, 15) is 4.79 Å². The van der Waals surface area contributed by atoms with Gasteiger partial charge in [-0.1, -0.05) is 20.3 Å². The lowest BCUT2D eigenvalue weighted by Crippen LogP contribution is -2.36. The molecule has 2 heterocycles. The number of hydrogen-bond donors (Lipinski definition) is 2. The smallest absolute Gasteiger partial charge is 0.304 e. The molecular formula is C17H24N4O2. The van der Waals surface area contributed by atoms with E-state index in [0.717, 1.165) is 23.4 Å². The minimum atomic E-state index is -0.771. The molecule has 0 aromatic carbocycles. The first kappa shape index (κ1) is 17.1. The molecular weight excluding hydrogens is 292 g/mol. The van der Waals surface area contributed by atoms with Crippen molar-refractivity contribution < 1.29 is 9.90 Å². The Hall–Kier alpha value is -2.21. The van der Waals surface area contributed by atoms with Crippen LogP contribution >= 0.6 is 0 Å². The van der Waals surface area contributed by atoms with E-state index < -0.39 is 5.97 Å². The molecule has 2 aromatic heterocycles. The lowest BCUT2D eigenvalue weighted by molar-refractivity contribution is -0.137. The topological polar surface area (TPSA) is 80.0 Å². The molecule has 2 atom stereocenters. The average Bonchev–Trinajstić information content (AvgIpc) is 2.92. The molecule has 6 heteroatoms. The molecule has 2 rings (SSSR count). The SMILES string of the molecule is CC[C@H](C)[C@@H](CC(=O)O)NCc1cn(-c2ccncc2)nc1C. The standard InChI is InChI=1S/C17H24N4O2/c1-4-12(2)16(9-17(22)23)19-10-14-11-21(20-13(14)3)15-5-7-18-8-6-15/h5-8,11-12,16,19H,4,9-10H2,1-3H3,(H,22,23)/t12-,16+/m0/s1. The van der Waals surface area contributed by atoms with Crippen molar-refractivity contribution in [2.75, 3.05) is 0 Å². The van der Waals surface area contributed by atoms with Crippen molar-refractivity contribution in [3.8, 4) is 5.69 Å². The van der Waals surface area contributed by atoms with Gasteiger partial charge in [0.25, 0.3) is 0 Å². The summed E-state index contributed by atoms with van der Waals surface area (Å²) >= 11 is 0. The summed E-state index contributed by atoms with van der Waals surface area (Å²) in [5, 5.41) is 17.0.